The molecule has 0 fully saturated rings. The first-order chi connectivity index (χ1) is 13.1. The van der Waals surface area contributed by atoms with Gasteiger partial charge in [-0.25, -0.2) is 0 Å². The summed E-state index contributed by atoms with van der Waals surface area (Å²) in [5.41, 5.74) is 6.20. The van der Waals surface area contributed by atoms with Gasteiger partial charge in [-0.3, -0.25) is 4.98 Å². The molecule has 4 aromatic rings. The first-order valence-electron chi connectivity index (χ1n) is 9.48. The Morgan fingerprint density at radius 1 is 1.11 bits per heavy atom. The number of halogens is 1. The van der Waals surface area contributed by atoms with E-state index >= 15 is 0 Å². The van der Waals surface area contributed by atoms with E-state index in [9.17, 15) is 0 Å². The van der Waals surface area contributed by atoms with Gasteiger partial charge in [-0.05, 0) is 41.3 Å². The fourth-order valence-corrected chi connectivity index (χ4v) is 5.47. The molecular formula is C23H20ClN3. The van der Waals surface area contributed by atoms with Crippen molar-refractivity contribution in [3.05, 3.63) is 71.0 Å². The van der Waals surface area contributed by atoms with E-state index in [-0.39, 0.29) is 11.5 Å². The molecule has 2 atom stereocenters. The van der Waals surface area contributed by atoms with Crippen LogP contribution in [0.4, 0.5) is 5.69 Å². The summed E-state index contributed by atoms with van der Waals surface area (Å²) >= 11 is 6.34. The molecular weight excluding hydrogens is 354 g/mol. The lowest BCUT2D eigenvalue weighted by Crippen LogP contribution is -2.45. The molecule has 2 aromatic carbocycles. The zero-order valence-corrected chi connectivity index (χ0v) is 16.1. The van der Waals surface area contributed by atoms with Crippen LogP contribution >= 0.6 is 11.6 Å². The predicted molar refractivity (Wildman–Crippen MR) is 112 cm³/mol. The maximum Gasteiger partial charge on any atom is 0.0872 e. The van der Waals surface area contributed by atoms with Crippen molar-refractivity contribution in [2.24, 2.45) is 5.92 Å². The van der Waals surface area contributed by atoms with Crippen LogP contribution in [0.25, 0.3) is 21.8 Å². The maximum atomic E-state index is 6.34. The van der Waals surface area contributed by atoms with E-state index in [4.69, 9.17) is 16.6 Å². The number of anilines is 1. The Morgan fingerprint density at radius 3 is 2.85 bits per heavy atom. The number of para-hydroxylation sites is 1. The molecule has 0 radical (unpaired) electrons. The molecule has 0 amide bonds. The van der Waals surface area contributed by atoms with Gasteiger partial charge in [-0.15, -0.1) is 0 Å². The Labute approximate surface area is 163 Å². The van der Waals surface area contributed by atoms with Crippen molar-refractivity contribution in [3.63, 3.8) is 0 Å². The molecule has 2 aromatic heterocycles. The van der Waals surface area contributed by atoms with Crippen molar-refractivity contribution < 1.29 is 0 Å². The van der Waals surface area contributed by atoms with E-state index in [1.54, 1.807) is 0 Å². The smallest absolute Gasteiger partial charge is 0.0872 e. The Hall–Kier alpha value is -2.52. The standard InChI is InChI=1S/C23H20ClN3/c1-23(2)16-11-13(24)7-8-18(16)26-20-17(23)12-27-19-6-4-3-5-14(19)15-9-10-25-21(20)22(15)27/h3-11,17,20,26H,12H2,1-2H3/t17-,20+/m1/s1. The van der Waals surface area contributed by atoms with Crippen molar-refractivity contribution in [1.82, 2.24) is 9.55 Å². The topological polar surface area (TPSA) is 29.9 Å². The fraction of sp³-hybridized carbons (Fsp3) is 0.261. The summed E-state index contributed by atoms with van der Waals surface area (Å²) in [4.78, 5) is 4.86. The molecule has 4 heteroatoms. The van der Waals surface area contributed by atoms with E-state index in [2.05, 4.69) is 66.2 Å². The largest absolute Gasteiger partial charge is 0.376 e. The van der Waals surface area contributed by atoms with Crippen LogP contribution in [-0.4, -0.2) is 9.55 Å². The van der Waals surface area contributed by atoms with Crippen LogP contribution in [0, 0.1) is 5.92 Å². The average Bonchev–Trinajstić information content (AvgIpc) is 2.99. The monoisotopic (exact) mass is 373 g/mol. The van der Waals surface area contributed by atoms with E-state index in [1.165, 1.54) is 33.1 Å². The van der Waals surface area contributed by atoms with Crippen LogP contribution in [-0.2, 0) is 12.0 Å². The van der Waals surface area contributed by atoms with Crippen LogP contribution in [0.5, 0.6) is 0 Å². The lowest BCUT2D eigenvalue weighted by Gasteiger charge is -2.48. The van der Waals surface area contributed by atoms with Gasteiger partial charge in [0.15, 0.2) is 0 Å². The van der Waals surface area contributed by atoms with E-state index < -0.39 is 0 Å². The van der Waals surface area contributed by atoms with Crippen molar-refractivity contribution in [1.29, 1.82) is 0 Å². The second-order valence-corrected chi connectivity index (χ2v) is 8.80. The number of aromatic nitrogens is 2. The highest BCUT2D eigenvalue weighted by Gasteiger charge is 2.46. The normalized spacial score (nSPS) is 22.3. The lowest BCUT2D eigenvalue weighted by atomic mass is 9.65. The third-order valence-electron chi connectivity index (χ3n) is 6.70. The summed E-state index contributed by atoms with van der Waals surface area (Å²) in [6.07, 6.45) is 1.96. The summed E-state index contributed by atoms with van der Waals surface area (Å²) in [5.74, 6) is 0.393. The average molecular weight is 374 g/mol. The molecule has 27 heavy (non-hydrogen) atoms. The van der Waals surface area contributed by atoms with Gasteiger partial charge in [0.25, 0.3) is 0 Å². The van der Waals surface area contributed by atoms with Crippen molar-refractivity contribution >= 4 is 39.1 Å². The van der Waals surface area contributed by atoms with Gasteiger partial charge in [-0.1, -0.05) is 43.6 Å². The zero-order chi connectivity index (χ0) is 18.3. The maximum absolute atomic E-state index is 6.34. The third-order valence-corrected chi connectivity index (χ3v) is 6.93. The molecule has 6 rings (SSSR count). The molecule has 0 aliphatic carbocycles. The minimum Gasteiger partial charge on any atom is -0.376 e. The molecule has 0 unspecified atom stereocenters. The summed E-state index contributed by atoms with van der Waals surface area (Å²) in [6, 6.07) is 17.3. The molecule has 0 saturated carbocycles. The SMILES string of the molecule is CC1(C)c2cc(Cl)ccc2N[C@@H]2c3nccc4c5ccccc5n(c34)C[C@H]21. The number of benzene rings is 2. The minimum atomic E-state index is -0.0109. The molecule has 0 saturated heterocycles. The minimum absolute atomic E-state index is 0.0109. The molecule has 4 heterocycles. The number of pyridine rings is 1. The lowest BCUT2D eigenvalue weighted by molar-refractivity contribution is 0.229. The fourth-order valence-electron chi connectivity index (χ4n) is 5.29. The van der Waals surface area contributed by atoms with Crippen LogP contribution < -0.4 is 5.32 Å². The summed E-state index contributed by atoms with van der Waals surface area (Å²) in [5, 5.41) is 7.20. The van der Waals surface area contributed by atoms with Gasteiger partial charge in [0.1, 0.15) is 0 Å². The number of nitrogens with one attached hydrogen (secondary N) is 1. The highest BCUT2D eigenvalue weighted by molar-refractivity contribution is 6.30. The molecule has 0 spiro atoms. The summed E-state index contributed by atoms with van der Waals surface area (Å²) in [7, 11) is 0. The van der Waals surface area contributed by atoms with Gasteiger partial charge in [0.2, 0.25) is 0 Å². The molecule has 2 aliphatic heterocycles. The zero-order valence-electron chi connectivity index (χ0n) is 15.3. The number of nitrogens with zero attached hydrogens (tertiary/aromatic N) is 2. The van der Waals surface area contributed by atoms with Crippen molar-refractivity contribution in [2.45, 2.75) is 31.8 Å². The van der Waals surface area contributed by atoms with E-state index in [1.807, 2.05) is 12.3 Å². The highest BCUT2D eigenvalue weighted by Crippen LogP contribution is 2.53. The number of fused-ring (bicyclic) bond motifs is 6. The Balaban J connectivity index is 1.67. The molecule has 3 nitrogen and oxygen atoms in total. The van der Waals surface area contributed by atoms with Crippen LogP contribution in [0.3, 0.4) is 0 Å². The quantitative estimate of drug-likeness (QED) is 0.414. The molecule has 134 valence electrons. The molecule has 0 bridgehead atoms. The van der Waals surface area contributed by atoms with Gasteiger partial charge in [0, 0.05) is 45.7 Å². The van der Waals surface area contributed by atoms with Crippen LogP contribution in [0.1, 0.15) is 31.1 Å². The van der Waals surface area contributed by atoms with Gasteiger partial charge in [0.05, 0.1) is 17.3 Å². The number of rotatable bonds is 0. The second kappa shape index (κ2) is 5.05. The Kier molecular flexibility index (Phi) is 2.90. The summed E-state index contributed by atoms with van der Waals surface area (Å²) < 4.78 is 2.48. The first kappa shape index (κ1) is 15.5. The number of hydrogen-bond acceptors (Lipinski definition) is 2. The third kappa shape index (κ3) is 1.90. The molecule has 1 N–H and O–H groups in total. The Morgan fingerprint density at radius 2 is 1.96 bits per heavy atom. The highest BCUT2D eigenvalue weighted by atomic mass is 35.5. The van der Waals surface area contributed by atoms with Gasteiger partial charge < -0.3 is 9.88 Å². The van der Waals surface area contributed by atoms with Gasteiger partial charge in [-0.2, -0.15) is 0 Å². The number of hydrogen-bond donors (Lipinski definition) is 1. The first-order valence-corrected chi connectivity index (χ1v) is 9.86. The van der Waals surface area contributed by atoms with Crippen LogP contribution in [0.15, 0.2) is 54.7 Å². The van der Waals surface area contributed by atoms with Crippen molar-refractivity contribution in [3.8, 4) is 0 Å². The second-order valence-electron chi connectivity index (χ2n) is 8.36. The van der Waals surface area contributed by atoms with E-state index in [0.717, 1.165) is 17.3 Å². The van der Waals surface area contributed by atoms with Crippen molar-refractivity contribution in [2.75, 3.05) is 5.32 Å². The van der Waals surface area contributed by atoms with Gasteiger partial charge >= 0.3 is 0 Å². The van der Waals surface area contributed by atoms with E-state index in [0.29, 0.717) is 5.92 Å². The predicted octanol–water partition coefficient (Wildman–Crippen LogP) is 5.92. The summed E-state index contributed by atoms with van der Waals surface area (Å²) in [6.45, 7) is 5.66. The Bertz CT molecular complexity index is 1240. The van der Waals surface area contributed by atoms with Crippen LogP contribution in [0.2, 0.25) is 5.02 Å². The molecule has 2 aliphatic rings.